The van der Waals surface area contributed by atoms with Crippen LogP contribution >= 0.6 is 0 Å². The molecule has 1 atom stereocenters. The van der Waals surface area contributed by atoms with Crippen LogP contribution in [0.4, 0.5) is 16.0 Å². The quantitative estimate of drug-likeness (QED) is 0.354. The van der Waals surface area contributed by atoms with Crippen LogP contribution in [-0.2, 0) is 0 Å². The Balaban J connectivity index is 1.75. The summed E-state index contributed by atoms with van der Waals surface area (Å²) in [7, 11) is 0. The van der Waals surface area contributed by atoms with Crippen molar-refractivity contribution in [2.24, 2.45) is 0 Å². The number of benzene rings is 2. The van der Waals surface area contributed by atoms with Crippen molar-refractivity contribution < 1.29 is 14.2 Å². The first-order valence-corrected chi connectivity index (χ1v) is 10.2. The summed E-state index contributed by atoms with van der Waals surface area (Å²) in [5.41, 5.74) is 2.02. The van der Waals surface area contributed by atoms with E-state index in [1.54, 1.807) is 0 Å². The number of hydrogen-bond donors (Lipinski definition) is 3. The smallest absolute Gasteiger partial charge is 0.164 e. The first-order chi connectivity index (χ1) is 15.0. The Morgan fingerprint density at radius 3 is 2.65 bits per heavy atom. The topological polar surface area (TPSA) is 96.0 Å². The highest BCUT2D eigenvalue weighted by atomic mass is 19.1. The lowest BCUT2D eigenvalue weighted by Gasteiger charge is -2.14. The van der Waals surface area contributed by atoms with E-state index in [-0.39, 0.29) is 11.6 Å². The predicted molar refractivity (Wildman–Crippen MR) is 117 cm³/mol. The van der Waals surface area contributed by atoms with Crippen molar-refractivity contribution in [1.29, 1.82) is 0 Å². The molecule has 0 aliphatic carbocycles. The second-order valence-corrected chi connectivity index (χ2v) is 7.33. The standard InChI is InChI=1S/C23H24FN5O2/c1-3-4-11-31-17-9-10-18-19(13-17)25-23(21(30)15-5-7-16(24)8-6-15)27-22(18)26-20-12-14(2)28-29-20/h5-10,12-13,21,30H,3-4,11H2,1-2H3,(H2,25,26,27,28,29). The first kappa shape index (κ1) is 20.7. The van der Waals surface area contributed by atoms with Crippen LogP contribution in [0, 0.1) is 12.7 Å². The predicted octanol–water partition coefficient (Wildman–Crippen LogP) is 4.80. The molecular formula is C23H24FN5O2. The van der Waals surface area contributed by atoms with Gasteiger partial charge >= 0.3 is 0 Å². The van der Waals surface area contributed by atoms with Gasteiger partial charge in [-0.2, -0.15) is 5.10 Å². The van der Waals surface area contributed by atoms with E-state index in [1.807, 2.05) is 31.2 Å². The number of fused-ring (bicyclic) bond motifs is 1. The maximum absolute atomic E-state index is 13.3. The van der Waals surface area contributed by atoms with Crippen LogP contribution in [0.25, 0.3) is 10.9 Å². The number of aryl methyl sites for hydroxylation is 1. The second-order valence-electron chi connectivity index (χ2n) is 7.33. The van der Waals surface area contributed by atoms with Gasteiger partial charge in [0.05, 0.1) is 12.1 Å². The number of ether oxygens (including phenoxy) is 1. The molecule has 0 saturated carbocycles. The fraction of sp³-hybridized carbons (Fsp3) is 0.261. The Kier molecular flexibility index (Phi) is 6.08. The van der Waals surface area contributed by atoms with Crippen molar-refractivity contribution in [1.82, 2.24) is 20.2 Å². The van der Waals surface area contributed by atoms with Gasteiger partial charge in [-0.25, -0.2) is 14.4 Å². The molecule has 8 heteroatoms. The molecular weight excluding hydrogens is 397 g/mol. The molecule has 1 unspecified atom stereocenters. The third kappa shape index (κ3) is 4.80. The third-order valence-corrected chi connectivity index (χ3v) is 4.84. The molecule has 160 valence electrons. The van der Waals surface area contributed by atoms with Gasteiger partial charge in [-0.05, 0) is 43.2 Å². The molecule has 0 aliphatic rings. The number of nitrogens with one attached hydrogen (secondary N) is 2. The van der Waals surface area contributed by atoms with Crippen LogP contribution < -0.4 is 10.1 Å². The molecule has 2 aromatic heterocycles. The summed E-state index contributed by atoms with van der Waals surface area (Å²) < 4.78 is 19.1. The average Bonchev–Trinajstić information content (AvgIpc) is 3.18. The Hall–Kier alpha value is -3.52. The third-order valence-electron chi connectivity index (χ3n) is 4.84. The monoisotopic (exact) mass is 421 g/mol. The van der Waals surface area contributed by atoms with Gasteiger partial charge in [0.15, 0.2) is 11.6 Å². The van der Waals surface area contributed by atoms with E-state index < -0.39 is 6.10 Å². The molecule has 4 aromatic rings. The molecule has 0 saturated heterocycles. The number of rotatable bonds is 8. The molecule has 2 aromatic carbocycles. The SMILES string of the molecule is CCCCOc1ccc2c(Nc3cc(C)[nH]n3)nc(C(O)c3ccc(F)cc3)nc2c1. The fourth-order valence-electron chi connectivity index (χ4n) is 3.17. The van der Waals surface area contributed by atoms with Gasteiger partial charge in [0.25, 0.3) is 0 Å². The minimum atomic E-state index is -1.11. The van der Waals surface area contributed by atoms with Crippen LogP contribution in [0.1, 0.15) is 43.0 Å². The molecule has 0 amide bonds. The number of unbranched alkanes of at least 4 members (excludes halogenated alkanes) is 1. The number of aliphatic hydroxyl groups excluding tert-OH is 1. The zero-order valence-electron chi connectivity index (χ0n) is 17.4. The normalized spacial score (nSPS) is 12.1. The van der Waals surface area contributed by atoms with E-state index >= 15 is 0 Å². The van der Waals surface area contributed by atoms with Crippen molar-refractivity contribution in [3.8, 4) is 5.75 Å². The first-order valence-electron chi connectivity index (χ1n) is 10.2. The van der Waals surface area contributed by atoms with E-state index in [0.29, 0.717) is 35.1 Å². The zero-order valence-corrected chi connectivity index (χ0v) is 17.4. The van der Waals surface area contributed by atoms with E-state index in [2.05, 4.69) is 32.4 Å². The highest BCUT2D eigenvalue weighted by Gasteiger charge is 2.18. The lowest BCUT2D eigenvalue weighted by molar-refractivity contribution is 0.210. The number of nitrogens with zero attached hydrogens (tertiary/aromatic N) is 3. The molecule has 0 spiro atoms. The van der Waals surface area contributed by atoms with Crippen LogP contribution in [0.2, 0.25) is 0 Å². The van der Waals surface area contributed by atoms with Gasteiger partial charge < -0.3 is 15.2 Å². The van der Waals surface area contributed by atoms with Crippen molar-refractivity contribution >= 4 is 22.5 Å². The molecule has 31 heavy (non-hydrogen) atoms. The Labute approximate surface area is 179 Å². The molecule has 3 N–H and O–H groups in total. The van der Waals surface area contributed by atoms with Gasteiger partial charge in [0.1, 0.15) is 23.5 Å². The summed E-state index contributed by atoms with van der Waals surface area (Å²) in [5.74, 6) is 1.62. The zero-order chi connectivity index (χ0) is 21.8. The summed E-state index contributed by atoms with van der Waals surface area (Å²) >= 11 is 0. The molecule has 0 radical (unpaired) electrons. The lowest BCUT2D eigenvalue weighted by atomic mass is 10.1. The fourth-order valence-corrected chi connectivity index (χ4v) is 3.17. The van der Waals surface area contributed by atoms with Gasteiger partial charge in [0, 0.05) is 23.2 Å². The molecule has 0 fully saturated rings. The Bertz CT molecular complexity index is 1180. The van der Waals surface area contributed by atoms with Crippen LogP contribution in [0.5, 0.6) is 5.75 Å². The minimum absolute atomic E-state index is 0.194. The number of hydrogen-bond acceptors (Lipinski definition) is 6. The van der Waals surface area contributed by atoms with Crippen molar-refractivity contribution in [3.05, 3.63) is 71.4 Å². The molecule has 4 rings (SSSR count). The number of aliphatic hydroxyl groups is 1. The largest absolute Gasteiger partial charge is 0.494 e. The Morgan fingerprint density at radius 2 is 1.94 bits per heavy atom. The number of aromatic amines is 1. The van der Waals surface area contributed by atoms with Crippen molar-refractivity contribution in [2.45, 2.75) is 32.8 Å². The van der Waals surface area contributed by atoms with Crippen LogP contribution in [0.3, 0.4) is 0 Å². The van der Waals surface area contributed by atoms with E-state index in [0.717, 1.165) is 23.9 Å². The van der Waals surface area contributed by atoms with Crippen molar-refractivity contribution in [3.63, 3.8) is 0 Å². The summed E-state index contributed by atoms with van der Waals surface area (Å²) in [6.45, 7) is 4.63. The van der Waals surface area contributed by atoms with Gasteiger partial charge in [-0.3, -0.25) is 5.10 Å². The maximum atomic E-state index is 13.3. The van der Waals surface area contributed by atoms with Crippen LogP contribution in [0.15, 0.2) is 48.5 Å². The molecule has 7 nitrogen and oxygen atoms in total. The van der Waals surface area contributed by atoms with Gasteiger partial charge in [-0.15, -0.1) is 0 Å². The van der Waals surface area contributed by atoms with E-state index in [9.17, 15) is 9.50 Å². The van der Waals surface area contributed by atoms with Gasteiger partial charge in [-0.1, -0.05) is 25.5 Å². The second kappa shape index (κ2) is 9.09. The number of H-pyrrole nitrogens is 1. The molecule has 0 aliphatic heterocycles. The lowest BCUT2D eigenvalue weighted by Crippen LogP contribution is -2.08. The molecule has 0 bridgehead atoms. The van der Waals surface area contributed by atoms with Crippen LogP contribution in [-0.4, -0.2) is 31.9 Å². The Morgan fingerprint density at radius 1 is 1.13 bits per heavy atom. The summed E-state index contributed by atoms with van der Waals surface area (Å²) in [6, 6.07) is 13.1. The summed E-state index contributed by atoms with van der Waals surface area (Å²) in [6.07, 6.45) is 0.888. The summed E-state index contributed by atoms with van der Waals surface area (Å²) in [5, 5.41) is 21.9. The van der Waals surface area contributed by atoms with E-state index in [1.165, 1.54) is 24.3 Å². The number of anilines is 2. The molecule has 2 heterocycles. The summed E-state index contributed by atoms with van der Waals surface area (Å²) in [4.78, 5) is 9.12. The number of aromatic nitrogens is 4. The highest BCUT2D eigenvalue weighted by molar-refractivity contribution is 5.91. The highest BCUT2D eigenvalue weighted by Crippen LogP contribution is 2.30. The van der Waals surface area contributed by atoms with Crippen molar-refractivity contribution in [2.75, 3.05) is 11.9 Å². The number of halogens is 1. The average molecular weight is 421 g/mol. The minimum Gasteiger partial charge on any atom is -0.494 e. The van der Waals surface area contributed by atoms with Gasteiger partial charge in [0.2, 0.25) is 0 Å². The maximum Gasteiger partial charge on any atom is 0.164 e. The van der Waals surface area contributed by atoms with E-state index in [4.69, 9.17) is 4.74 Å².